The summed E-state index contributed by atoms with van der Waals surface area (Å²) >= 11 is 0. The Morgan fingerprint density at radius 1 is 1.20 bits per heavy atom. The predicted molar refractivity (Wildman–Crippen MR) is 81.9 cm³/mol. The molecule has 0 saturated carbocycles. The molecule has 1 aliphatic heterocycles. The monoisotopic (exact) mass is 341 g/mol. The van der Waals surface area contributed by atoms with Gasteiger partial charge in [-0.05, 0) is 12.1 Å². The van der Waals surface area contributed by atoms with Gasteiger partial charge >= 0.3 is 0 Å². The minimum absolute atomic E-state index is 0.00324. The Kier molecular flexibility index (Phi) is 5.58. The van der Waals surface area contributed by atoms with Crippen molar-refractivity contribution in [3.8, 4) is 12.1 Å². The zero-order valence-electron chi connectivity index (χ0n) is 12.6. The molecule has 3 N–H and O–H groups in total. The summed E-state index contributed by atoms with van der Waals surface area (Å²) < 4.78 is 10.5. The van der Waals surface area contributed by atoms with E-state index in [-0.39, 0.29) is 11.4 Å². The number of hydrazone groups is 2. The summed E-state index contributed by atoms with van der Waals surface area (Å²) in [6, 6.07) is 6.48. The summed E-state index contributed by atoms with van der Waals surface area (Å²) in [6.45, 7) is 0. The molecule has 2 heterocycles. The van der Waals surface area contributed by atoms with Crippen molar-refractivity contribution in [3.63, 3.8) is 0 Å². The highest BCUT2D eigenvalue weighted by atomic mass is 16.5. The smallest absolute Gasteiger partial charge is 0.254 e. The number of hydrogen-bond acceptors (Lipinski definition) is 9. The number of rotatable bonds is 5. The van der Waals surface area contributed by atoms with Gasteiger partial charge in [0.05, 0.1) is 18.4 Å². The van der Waals surface area contributed by atoms with Gasteiger partial charge in [-0.1, -0.05) is 0 Å². The molecule has 0 spiro atoms. The number of carbonyl (C=O) groups excluding carboxylic acids is 2. The highest BCUT2D eigenvalue weighted by Gasteiger charge is 2.39. The molecule has 1 aliphatic rings. The first-order valence-electron chi connectivity index (χ1n) is 6.83. The molecular weight excluding hydrogens is 330 g/mol. The van der Waals surface area contributed by atoms with E-state index in [1.807, 2.05) is 0 Å². The van der Waals surface area contributed by atoms with E-state index in [9.17, 15) is 9.59 Å². The Bertz CT molecular complexity index is 826. The van der Waals surface area contributed by atoms with E-state index in [2.05, 4.69) is 21.1 Å². The minimum atomic E-state index is -0.962. The van der Waals surface area contributed by atoms with E-state index in [0.717, 1.165) is 0 Å². The van der Waals surface area contributed by atoms with E-state index < -0.39 is 36.7 Å². The second-order valence-electron chi connectivity index (χ2n) is 4.54. The maximum atomic E-state index is 11.4. The van der Waals surface area contributed by atoms with Crippen molar-refractivity contribution in [1.82, 2.24) is 10.9 Å². The van der Waals surface area contributed by atoms with Crippen molar-refractivity contribution < 1.29 is 18.7 Å². The zero-order chi connectivity index (χ0) is 18.2. The van der Waals surface area contributed by atoms with Gasteiger partial charge in [-0.3, -0.25) is 15.0 Å². The number of nitrogens with one attached hydrogen (secondary N) is 3. The SMILES string of the molecule is N#CCC(=O)N/N=C1\C(=N)OC(c2ccco2)\C1=N/NC(=O)CC#N. The van der Waals surface area contributed by atoms with Crippen LogP contribution < -0.4 is 10.9 Å². The number of amides is 2. The lowest BCUT2D eigenvalue weighted by molar-refractivity contribution is -0.120. The maximum absolute atomic E-state index is 11.4. The van der Waals surface area contributed by atoms with Crippen LogP contribution in [0.4, 0.5) is 0 Å². The zero-order valence-corrected chi connectivity index (χ0v) is 12.6. The Morgan fingerprint density at radius 2 is 1.84 bits per heavy atom. The first-order chi connectivity index (χ1) is 12.1. The van der Waals surface area contributed by atoms with Gasteiger partial charge in [-0.15, -0.1) is 0 Å². The Labute approximate surface area is 141 Å². The summed E-state index contributed by atoms with van der Waals surface area (Å²) in [5.41, 5.74) is 4.09. The fraction of sp³-hybridized carbons (Fsp3) is 0.214. The van der Waals surface area contributed by atoms with E-state index >= 15 is 0 Å². The molecule has 1 aromatic heterocycles. The lowest BCUT2D eigenvalue weighted by atomic mass is 10.1. The van der Waals surface area contributed by atoms with Crippen LogP contribution >= 0.6 is 0 Å². The van der Waals surface area contributed by atoms with Crippen LogP contribution in [-0.4, -0.2) is 29.1 Å². The third kappa shape index (κ3) is 4.27. The Balaban J connectivity index is 2.30. The largest absolute Gasteiger partial charge is 0.465 e. The molecule has 1 aromatic rings. The van der Waals surface area contributed by atoms with Crippen molar-refractivity contribution >= 4 is 29.1 Å². The van der Waals surface area contributed by atoms with E-state index in [4.69, 9.17) is 25.1 Å². The number of hydrogen-bond donors (Lipinski definition) is 3. The summed E-state index contributed by atoms with van der Waals surface area (Å²) in [5, 5.41) is 32.3. The molecule has 0 aromatic carbocycles. The molecule has 11 heteroatoms. The van der Waals surface area contributed by atoms with Crippen molar-refractivity contribution in [2.45, 2.75) is 18.9 Å². The summed E-state index contributed by atoms with van der Waals surface area (Å²) in [5.74, 6) is -1.46. The van der Waals surface area contributed by atoms with Crippen molar-refractivity contribution in [2.24, 2.45) is 10.2 Å². The van der Waals surface area contributed by atoms with E-state index in [1.165, 1.54) is 6.26 Å². The standard InChI is InChI=1S/C14H11N7O4/c15-5-3-9(22)18-20-11-12(21-19-10(23)4-6-16)14(17)25-13(11)8-2-1-7-24-8/h1-2,7,13,17H,3-4H2,(H,18,22)(H,19,23)/b17-14?,20-11-,21-12-. The molecule has 0 radical (unpaired) electrons. The second kappa shape index (κ2) is 8.03. The van der Waals surface area contributed by atoms with Gasteiger partial charge in [0.1, 0.15) is 18.6 Å². The third-order valence-corrected chi connectivity index (χ3v) is 2.82. The van der Waals surface area contributed by atoms with Gasteiger partial charge < -0.3 is 9.15 Å². The maximum Gasteiger partial charge on any atom is 0.254 e. The highest BCUT2D eigenvalue weighted by molar-refractivity contribution is 6.69. The molecule has 2 rings (SSSR count). The number of furan rings is 1. The van der Waals surface area contributed by atoms with Crippen LogP contribution in [0.5, 0.6) is 0 Å². The number of carbonyl (C=O) groups is 2. The molecule has 1 fully saturated rings. The molecule has 126 valence electrons. The third-order valence-electron chi connectivity index (χ3n) is 2.82. The normalized spacial score (nSPS) is 19.1. The summed E-state index contributed by atoms with van der Waals surface area (Å²) in [6.07, 6.45) is -0.404. The van der Waals surface area contributed by atoms with E-state index in [1.54, 1.807) is 24.3 Å². The van der Waals surface area contributed by atoms with Crippen LogP contribution in [0.3, 0.4) is 0 Å². The van der Waals surface area contributed by atoms with Crippen LogP contribution in [0.25, 0.3) is 0 Å². The van der Waals surface area contributed by atoms with E-state index in [0.29, 0.717) is 5.76 Å². The molecule has 25 heavy (non-hydrogen) atoms. The van der Waals surface area contributed by atoms with Crippen molar-refractivity contribution in [2.75, 3.05) is 0 Å². The van der Waals surface area contributed by atoms with Gasteiger partial charge in [-0.2, -0.15) is 20.7 Å². The van der Waals surface area contributed by atoms with Crippen LogP contribution in [0.1, 0.15) is 24.7 Å². The first kappa shape index (κ1) is 17.4. The number of ether oxygens (including phenoxy) is 1. The van der Waals surface area contributed by atoms with Crippen LogP contribution in [0.2, 0.25) is 0 Å². The number of nitriles is 2. The van der Waals surface area contributed by atoms with Gasteiger partial charge in [0.15, 0.2) is 11.5 Å². The van der Waals surface area contributed by atoms with Gasteiger partial charge in [0.25, 0.3) is 11.8 Å². The molecule has 0 aliphatic carbocycles. The van der Waals surface area contributed by atoms with Gasteiger partial charge in [0.2, 0.25) is 12.0 Å². The minimum Gasteiger partial charge on any atom is -0.465 e. The molecule has 2 amide bonds. The second-order valence-corrected chi connectivity index (χ2v) is 4.54. The summed E-state index contributed by atoms with van der Waals surface area (Å²) in [7, 11) is 0. The van der Waals surface area contributed by atoms with Crippen molar-refractivity contribution in [3.05, 3.63) is 24.2 Å². The van der Waals surface area contributed by atoms with Crippen molar-refractivity contribution in [1.29, 1.82) is 15.9 Å². The fourth-order valence-corrected chi connectivity index (χ4v) is 1.79. The average Bonchev–Trinajstić information content (AvgIpc) is 3.19. The lowest BCUT2D eigenvalue weighted by Gasteiger charge is -2.06. The quantitative estimate of drug-likeness (QED) is 0.639. The predicted octanol–water partition coefficient (Wildman–Crippen LogP) is 0.0999. The van der Waals surface area contributed by atoms with Crippen LogP contribution in [0.15, 0.2) is 33.0 Å². The van der Waals surface area contributed by atoms with Gasteiger partial charge in [-0.25, -0.2) is 10.9 Å². The van der Waals surface area contributed by atoms with Gasteiger partial charge in [0, 0.05) is 0 Å². The first-order valence-corrected chi connectivity index (χ1v) is 6.83. The molecule has 0 bridgehead atoms. The Hall–Kier alpha value is -3.99. The number of nitrogens with zero attached hydrogens (tertiary/aromatic N) is 4. The molecule has 1 atom stereocenters. The molecule has 1 unspecified atom stereocenters. The van der Waals surface area contributed by atoms with Crippen LogP contribution in [-0.2, 0) is 14.3 Å². The lowest BCUT2D eigenvalue weighted by Crippen LogP contribution is -2.27. The topological polar surface area (TPSA) is 177 Å². The Morgan fingerprint density at radius 3 is 2.40 bits per heavy atom. The fourth-order valence-electron chi connectivity index (χ4n) is 1.79. The molecule has 11 nitrogen and oxygen atoms in total. The average molecular weight is 341 g/mol. The highest BCUT2D eigenvalue weighted by Crippen LogP contribution is 2.26. The molecule has 1 saturated heterocycles. The van der Waals surface area contributed by atoms with Crippen LogP contribution in [0, 0.1) is 28.1 Å². The summed E-state index contributed by atoms with van der Waals surface area (Å²) in [4.78, 5) is 22.8. The molecular formula is C14H11N7O4.